The molecule has 0 saturated heterocycles. The number of ether oxygens (including phenoxy) is 3. The van der Waals surface area contributed by atoms with Crippen molar-refractivity contribution in [3.63, 3.8) is 0 Å². The van der Waals surface area contributed by atoms with Gasteiger partial charge < -0.3 is 24.4 Å². The molecule has 142 valence electrons. The van der Waals surface area contributed by atoms with Crippen LogP contribution >= 0.6 is 0 Å². The van der Waals surface area contributed by atoms with Gasteiger partial charge in [-0.3, -0.25) is 4.79 Å². The maximum Gasteiger partial charge on any atom is 0.387 e. The number of halogens is 2. The van der Waals surface area contributed by atoms with E-state index in [9.17, 15) is 13.6 Å². The van der Waals surface area contributed by atoms with Gasteiger partial charge in [0.25, 0.3) is 5.91 Å². The number of nitrogens with zero attached hydrogens (tertiary/aromatic N) is 1. The van der Waals surface area contributed by atoms with Crippen molar-refractivity contribution in [3.8, 4) is 17.2 Å². The summed E-state index contributed by atoms with van der Waals surface area (Å²) in [6.45, 7) is -2.38. The minimum Gasteiger partial charge on any atom is -0.486 e. The molecule has 1 aliphatic heterocycles. The molecule has 27 heavy (non-hydrogen) atoms. The largest absolute Gasteiger partial charge is 0.486 e. The summed E-state index contributed by atoms with van der Waals surface area (Å²) in [7, 11) is 0. The number of oxime groups is 1. The molecule has 0 spiro atoms. The number of carbonyl (C=O) groups is 1. The van der Waals surface area contributed by atoms with Gasteiger partial charge in [0, 0.05) is 17.3 Å². The Morgan fingerprint density at radius 2 is 1.96 bits per heavy atom. The summed E-state index contributed by atoms with van der Waals surface area (Å²) >= 11 is 0. The van der Waals surface area contributed by atoms with Crippen LogP contribution in [-0.4, -0.2) is 38.6 Å². The third-order valence-electron chi connectivity index (χ3n) is 3.42. The van der Waals surface area contributed by atoms with E-state index in [-0.39, 0.29) is 12.4 Å². The normalized spacial score (nSPS) is 12.9. The first-order valence-electron chi connectivity index (χ1n) is 8.00. The zero-order valence-electron chi connectivity index (χ0n) is 14.1. The zero-order valence-corrected chi connectivity index (χ0v) is 14.1. The number of hydrogen-bond donors (Lipinski definition) is 1. The van der Waals surface area contributed by atoms with Gasteiger partial charge in [-0.15, -0.1) is 0 Å². The van der Waals surface area contributed by atoms with Crippen molar-refractivity contribution >= 4 is 17.8 Å². The average molecular weight is 378 g/mol. The fourth-order valence-electron chi connectivity index (χ4n) is 2.30. The monoisotopic (exact) mass is 378 g/mol. The molecular weight excluding hydrogens is 362 g/mol. The van der Waals surface area contributed by atoms with Gasteiger partial charge in [-0.25, -0.2) is 0 Å². The van der Waals surface area contributed by atoms with Gasteiger partial charge >= 0.3 is 6.61 Å². The maximum atomic E-state index is 12.3. The van der Waals surface area contributed by atoms with Crippen LogP contribution in [0.25, 0.3) is 0 Å². The number of carbonyl (C=O) groups excluding carboxylic acids is 1. The highest BCUT2D eigenvalue weighted by molar-refractivity contribution is 5.92. The Hall–Kier alpha value is -3.36. The number of benzene rings is 2. The van der Waals surface area contributed by atoms with Crippen LogP contribution in [0.3, 0.4) is 0 Å². The van der Waals surface area contributed by atoms with E-state index in [1.165, 1.54) is 18.3 Å². The van der Waals surface area contributed by atoms with Crippen molar-refractivity contribution in [2.45, 2.75) is 6.61 Å². The van der Waals surface area contributed by atoms with Gasteiger partial charge in [0.05, 0.1) is 6.21 Å². The Morgan fingerprint density at radius 3 is 2.78 bits per heavy atom. The van der Waals surface area contributed by atoms with Crippen molar-refractivity contribution in [1.82, 2.24) is 0 Å². The van der Waals surface area contributed by atoms with Crippen molar-refractivity contribution < 1.29 is 32.6 Å². The van der Waals surface area contributed by atoms with Crippen molar-refractivity contribution in [2.75, 3.05) is 25.1 Å². The highest BCUT2D eigenvalue weighted by Crippen LogP contribution is 2.32. The van der Waals surface area contributed by atoms with E-state index >= 15 is 0 Å². The molecule has 0 aliphatic carbocycles. The number of para-hydroxylation sites is 1. The predicted molar refractivity (Wildman–Crippen MR) is 92.7 cm³/mol. The molecule has 0 aromatic heterocycles. The number of amides is 1. The minimum absolute atomic E-state index is 0.0411. The summed E-state index contributed by atoms with van der Waals surface area (Å²) in [4.78, 5) is 16.8. The number of fused-ring (bicyclic) bond motifs is 1. The van der Waals surface area contributed by atoms with Gasteiger partial charge in [-0.1, -0.05) is 17.3 Å². The fourth-order valence-corrected chi connectivity index (χ4v) is 2.30. The van der Waals surface area contributed by atoms with E-state index in [0.29, 0.717) is 36.0 Å². The van der Waals surface area contributed by atoms with Gasteiger partial charge in [0.1, 0.15) is 19.0 Å². The third-order valence-corrected chi connectivity index (χ3v) is 3.42. The zero-order chi connectivity index (χ0) is 19.1. The average Bonchev–Trinajstić information content (AvgIpc) is 2.66. The smallest absolute Gasteiger partial charge is 0.387 e. The van der Waals surface area contributed by atoms with Gasteiger partial charge in [-0.05, 0) is 24.3 Å². The van der Waals surface area contributed by atoms with Crippen LogP contribution in [0.1, 0.15) is 5.56 Å². The Bertz CT molecular complexity index is 829. The summed E-state index contributed by atoms with van der Waals surface area (Å²) in [6.07, 6.45) is 1.19. The SMILES string of the molecule is O=C(CO/N=C\c1ccccc1OC(F)F)Nc1ccc2c(c1)OCCO2. The lowest BCUT2D eigenvalue weighted by Crippen LogP contribution is -2.18. The first-order valence-corrected chi connectivity index (χ1v) is 8.00. The fraction of sp³-hybridized carbons (Fsp3) is 0.222. The highest BCUT2D eigenvalue weighted by Gasteiger charge is 2.13. The van der Waals surface area contributed by atoms with Crippen molar-refractivity contribution in [2.24, 2.45) is 5.16 Å². The standard InChI is InChI=1S/C18H16F2N2O5/c19-18(20)27-14-4-2-1-3-12(14)10-21-26-11-17(23)22-13-5-6-15-16(9-13)25-8-7-24-15/h1-6,9-10,18H,7-8,11H2,(H,22,23)/b21-10-. The van der Waals surface area contributed by atoms with E-state index in [0.717, 1.165) is 0 Å². The minimum atomic E-state index is -2.95. The Balaban J connectivity index is 1.51. The summed E-state index contributed by atoms with van der Waals surface area (Å²) in [6, 6.07) is 11.1. The molecule has 1 heterocycles. The van der Waals surface area contributed by atoms with Crippen LogP contribution in [0.5, 0.6) is 17.2 Å². The Morgan fingerprint density at radius 1 is 1.19 bits per heavy atom. The van der Waals surface area contributed by atoms with Crippen molar-refractivity contribution in [3.05, 3.63) is 48.0 Å². The Kier molecular flexibility index (Phi) is 6.03. The molecule has 0 saturated carbocycles. The summed E-state index contributed by atoms with van der Waals surface area (Å²) in [5.41, 5.74) is 0.817. The lowest BCUT2D eigenvalue weighted by atomic mass is 10.2. The molecule has 1 aliphatic rings. The second kappa shape index (κ2) is 8.84. The number of nitrogens with one attached hydrogen (secondary N) is 1. The van der Waals surface area contributed by atoms with Gasteiger partial charge in [-0.2, -0.15) is 8.78 Å². The molecule has 3 rings (SSSR count). The van der Waals surface area contributed by atoms with Crippen LogP contribution in [0.15, 0.2) is 47.6 Å². The molecule has 7 nitrogen and oxygen atoms in total. The second-order valence-corrected chi connectivity index (χ2v) is 5.33. The first-order chi connectivity index (χ1) is 13.1. The summed E-state index contributed by atoms with van der Waals surface area (Å²) in [5.74, 6) is 0.680. The molecule has 0 unspecified atom stereocenters. The lowest BCUT2D eigenvalue weighted by Gasteiger charge is -2.18. The predicted octanol–water partition coefficient (Wildman–Crippen LogP) is 3.05. The topological polar surface area (TPSA) is 78.4 Å². The number of alkyl halides is 2. The first kappa shape index (κ1) is 18.4. The van der Waals surface area contributed by atoms with Crippen LogP contribution in [0.2, 0.25) is 0 Å². The van der Waals surface area contributed by atoms with E-state index in [2.05, 4.69) is 15.2 Å². The molecule has 0 bridgehead atoms. The quantitative estimate of drug-likeness (QED) is 0.592. The Labute approximate surface area is 153 Å². The van der Waals surface area contributed by atoms with E-state index in [1.54, 1.807) is 30.3 Å². The molecule has 1 amide bonds. The molecule has 2 aromatic carbocycles. The molecule has 1 N–H and O–H groups in total. The summed E-state index contributed by atoms with van der Waals surface area (Å²) < 4.78 is 39.9. The lowest BCUT2D eigenvalue weighted by molar-refractivity contribution is -0.120. The van der Waals surface area contributed by atoms with Crippen LogP contribution in [0, 0.1) is 0 Å². The van der Waals surface area contributed by atoms with Crippen LogP contribution in [0.4, 0.5) is 14.5 Å². The van der Waals surface area contributed by atoms with Gasteiger partial charge in [0.15, 0.2) is 18.1 Å². The molecular formula is C18H16F2N2O5. The number of rotatable bonds is 7. The molecule has 0 fully saturated rings. The molecule has 0 atom stereocenters. The number of hydrogen-bond acceptors (Lipinski definition) is 6. The third kappa shape index (κ3) is 5.30. The van der Waals surface area contributed by atoms with E-state index in [1.807, 2.05) is 0 Å². The summed E-state index contributed by atoms with van der Waals surface area (Å²) in [5, 5.41) is 6.24. The van der Waals surface area contributed by atoms with Crippen molar-refractivity contribution in [1.29, 1.82) is 0 Å². The van der Waals surface area contributed by atoms with Crippen LogP contribution < -0.4 is 19.5 Å². The highest BCUT2D eigenvalue weighted by atomic mass is 19.3. The molecule has 9 heteroatoms. The molecule has 2 aromatic rings. The molecule has 0 radical (unpaired) electrons. The maximum absolute atomic E-state index is 12.3. The second-order valence-electron chi connectivity index (χ2n) is 5.33. The number of anilines is 1. The van der Waals surface area contributed by atoms with E-state index < -0.39 is 12.5 Å². The van der Waals surface area contributed by atoms with E-state index in [4.69, 9.17) is 14.3 Å². The van der Waals surface area contributed by atoms with Crippen LogP contribution in [-0.2, 0) is 9.63 Å². The van der Waals surface area contributed by atoms with Gasteiger partial charge in [0.2, 0.25) is 0 Å².